The molecule has 6 nitrogen and oxygen atoms in total. The molecule has 0 radical (unpaired) electrons. The molecule has 3 rings (SSSR count). The van der Waals surface area contributed by atoms with E-state index in [9.17, 15) is 0 Å². The van der Waals surface area contributed by atoms with Crippen LogP contribution in [0, 0.1) is 12.8 Å². The Morgan fingerprint density at radius 1 is 1.31 bits per heavy atom. The molecule has 0 spiro atoms. The monoisotopic (exact) mass is 357 g/mol. The molecule has 1 unspecified atom stereocenters. The lowest BCUT2D eigenvalue weighted by Gasteiger charge is -2.28. The lowest BCUT2D eigenvalue weighted by Crippen LogP contribution is -2.33. The molecule has 140 valence electrons. The van der Waals surface area contributed by atoms with Gasteiger partial charge in [-0.2, -0.15) is 4.98 Å². The quantitative estimate of drug-likeness (QED) is 0.817. The van der Waals surface area contributed by atoms with Crippen LogP contribution in [0.25, 0.3) is 6.08 Å². The van der Waals surface area contributed by atoms with Crippen molar-refractivity contribution in [3.63, 3.8) is 0 Å². The minimum atomic E-state index is 0.0549. The Kier molecular flexibility index (Phi) is 6.41. The van der Waals surface area contributed by atoms with E-state index in [0.29, 0.717) is 17.6 Å². The van der Waals surface area contributed by atoms with Crippen LogP contribution in [0.5, 0.6) is 5.75 Å². The van der Waals surface area contributed by atoms with Crippen LogP contribution in [-0.4, -0.2) is 37.0 Å². The fraction of sp³-hybridized carbons (Fsp3) is 0.500. The van der Waals surface area contributed by atoms with Gasteiger partial charge in [-0.1, -0.05) is 28.9 Å². The normalized spacial score (nSPS) is 17.3. The molecule has 0 saturated carbocycles. The third-order valence-electron chi connectivity index (χ3n) is 4.68. The summed E-state index contributed by atoms with van der Waals surface area (Å²) in [6.45, 7) is 6.31. The van der Waals surface area contributed by atoms with Crippen molar-refractivity contribution < 1.29 is 14.0 Å². The fourth-order valence-electron chi connectivity index (χ4n) is 3.25. The summed E-state index contributed by atoms with van der Waals surface area (Å²) in [7, 11) is 1.68. The van der Waals surface area contributed by atoms with Gasteiger partial charge in [0.25, 0.3) is 0 Å². The Labute approximate surface area is 154 Å². The van der Waals surface area contributed by atoms with Crippen molar-refractivity contribution in [1.82, 2.24) is 15.5 Å². The summed E-state index contributed by atoms with van der Waals surface area (Å²) in [5.41, 5.74) is 2.39. The molecule has 1 aromatic carbocycles. The third-order valence-corrected chi connectivity index (χ3v) is 4.68. The van der Waals surface area contributed by atoms with E-state index >= 15 is 0 Å². The lowest BCUT2D eigenvalue weighted by molar-refractivity contribution is 0.0493. The Balaban J connectivity index is 1.66. The topological polar surface area (TPSA) is 69.4 Å². The van der Waals surface area contributed by atoms with E-state index in [4.69, 9.17) is 14.0 Å². The van der Waals surface area contributed by atoms with Crippen molar-refractivity contribution in [3.8, 4) is 5.75 Å². The number of rotatable bonds is 7. The number of nitrogens with one attached hydrogen (secondary N) is 1. The molecule has 1 aliphatic rings. The molecule has 2 aromatic rings. The summed E-state index contributed by atoms with van der Waals surface area (Å²) in [6, 6.07) is 8.11. The number of aromatic nitrogens is 2. The van der Waals surface area contributed by atoms with Crippen LogP contribution in [0.1, 0.15) is 43.1 Å². The van der Waals surface area contributed by atoms with Gasteiger partial charge in [0.15, 0.2) is 5.82 Å². The summed E-state index contributed by atoms with van der Waals surface area (Å²) in [5.74, 6) is 2.65. The Morgan fingerprint density at radius 2 is 2.04 bits per heavy atom. The molecule has 26 heavy (non-hydrogen) atoms. The zero-order valence-electron chi connectivity index (χ0n) is 15.7. The predicted octanol–water partition coefficient (Wildman–Crippen LogP) is 3.55. The standard InChI is InChI=1S/C20H27N3O3/c1-14(12-16-4-6-18(24-3)7-5-16)13-21-19(17-8-10-25-11-9-17)20-22-15(2)23-26-20/h4-7,12,17,19,21H,8-11,13H2,1-3H3/b14-12+. The molecule has 1 saturated heterocycles. The summed E-state index contributed by atoms with van der Waals surface area (Å²) < 4.78 is 16.2. The maximum Gasteiger partial charge on any atom is 0.244 e. The van der Waals surface area contributed by atoms with Crippen LogP contribution < -0.4 is 10.1 Å². The molecule has 2 heterocycles. The highest BCUT2D eigenvalue weighted by molar-refractivity contribution is 5.53. The number of hydrogen-bond acceptors (Lipinski definition) is 6. The van der Waals surface area contributed by atoms with E-state index < -0.39 is 0 Å². The number of aryl methyl sites for hydroxylation is 1. The van der Waals surface area contributed by atoms with Gasteiger partial charge < -0.3 is 19.3 Å². The highest BCUT2D eigenvalue weighted by Crippen LogP contribution is 2.29. The Hall–Kier alpha value is -2.18. The minimum Gasteiger partial charge on any atom is -0.497 e. The Bertz CT molecular complexity index is 718. The first kappa shape index (κ1) is 18.6. The molecule has 1 aromatic heterocycles. The second kappa shape index (κ2) is 8.96. The molecule has 1 atom stereocenters. The summed E-state index contributed by atoms with van der Waals surface area (Å²) in [4.78, 5) is 4.45. The zero-order chi connectivity index (χ0) is 18.4. The van der Waals surface area contributed by atoms with Crippen molar-refractivity contribution in [2.45, 2.75) is 32.7 Å². The minimum absolute atomic E-state index is 0.0549. The van der Waals surface area contributed by atoms with Crippen LogP contribution >= 0.6 is 0 Å². The SMILES string of the molecule is COc1ccc(/C=C(\C)CNC(c2nc(C)no2)C2CCOCC2)cc1. The summed E-state index contributed by atoms with van der Waals surface area (Å²) in [6.07, 6.45) is 4.17. The maximum atomic E-state index is 5.50. The average molecular weight is 357 g/mol. The largest absolute Gasteiger partial charge is 0.497 e. The first-order valence-electron chi connectivity index (χ1n) is 9.08. The van der Waals surface area contributed by atoms with E-state index in [0.717, 1.165) is 43.9 Å². The van der Waals surface area contributed by atoms with Gasteiger partial charge in [0.1, 0.15) is 5.75 Å². The molecular weight excluding hydrogens is 330 g/mol. The van der Waals surface area contributed by atoms with Crippen molar-refractivity contribution in [1.29, 1.82) is 0 Å². The molecular formula is C20H27N3O3. The predicted molar refractivity (Wildman–Crippen MR) is 100.0 cm³/mol. The molecule has 1 aliphatic heterocycles. The second-order valence-electron chi connectivity index (χ2n) is 6.75. The van der Waals surface area contributed by atoms with Crippen LogP contribution in [0.15, 0.2) is 34.4 Å². The van der Waals surface area contributed by atoms with E-state index in [-0.39, 0.29) is 6.04 Å². The maximum absolute atomic E-state index is 5.50. The van der Waals surface area contributed by atoms with Crippen molar-refractivity contribution in [2.75, 3.05) is 26.9 Å². The van der Waals surface area contributed by atoms with Crippen molar-refractivity contribution in [2.24, 2.45) is 5.92 Å². The first-order chi connectivity index (χ1) is 12.7. The number of ether oxygens (including phenoxy) is 2. The zero-order valence-corrected chi connectivity index (χ0v) is 15.7. The number of methoxy groups -OCH3 is 1. The van der Waals surface area contributed by atoms with Gasteiger partial charge in [-0.05, 0) is 50.3 Å². The number of nitrogens with zero attached hydrogens (tertiary/aromatic N) is 2. The lowest BCUT2D eigenvalue weighted by atomic mass is 9.91. The molecule has 1 fully saturated rings. The molecule has 0 aliphatic carbocycles. The van der Waals surface area contributed by atoms with Crippen LogP contribution in [-0.2, 0) is 4.74 Å². The smallest absolute Gasteiger partial charge is 0.244 e. The number of hydrogen-bond donors (Lipinski definition) is 1. The number of benzene rings is 1. The van der Waals surface area contributed by atoms with Gasteiger partial charge in [-0.3, -0.25) is 0 Å². The van der Waals surface area contributed by atoms with E-state index in [1.165, 1.54) is 5.57 Å². The van der Waals surface area contributed by atoms with Crippen molar-refractivity contribution in [3.05, 3.63) is 47.1 Å². The van der Waals surface area contributed by atoms with Crippen LogP contribution in [0.4, 0.5) is 0 Å². The van der Waals surface area contributed by atoms with Crippen LogP contribution in [0.3, 0.4) is 0 Å². The van der Waals surface area contributed by atoms with E-state index in [1.54, 1.807) is 7.11 Å². The molecule has 0 bridgehead atoms. The summed E-state index contributed by atoms with van der Waals surface area (Å²) in [5, 5.41) is 7.58. The third kappa shape index (κ3) is 4.93. The first-order valence-corrected chi connectivity index (χ1v) is 9.08. The van der Waals surface area contributed by atoms with Gasteiger partial charge in [0.2, 0.25) is 5.89 Å². The average Bonchev–Trinajstić information content (AvgIpc) is 3.09. The molecule has 6 heteroatoms. The molecule has 0 amide bonds. The van der Waals surface area contributed by atoms with E-state index in [1.807, 2.05) is 19.1 Å². The highest BCUT2D eigenvalue weighted by Gasteiger charge is 2.29. The van der Waals surface area contributed by atoms with Gasteiger partial charge in [-0.15, -0.1) is 0 Å². The van der Waals surface area contributed by atoms with Gasteiger partial charge in [0.05, 0.1) is 13.2 Å². The van der Waals surface area contributed by atoms with Gasteiger partial charge >= 0.3 is 0 Å². The van der Waals surface area contributed by atoms with Crippen molar-refractivity contribution >= 4 is 6.08 Å². The van der Waals surface area contributed by atoms with E-state index in [2.05, 4.69) is 40.6 Å². The highest BCUT2D eigenvalue weighted by atomic mass is 16.5. The second-order valence-corrected chi connectivity index (χ2v) is 6.75. The van der Waals surface area contributed by atoms with Crippen LogP contribution in [0.2, 0.25) is 0 Å². The van der Waals surface area contributed by atoms with Gasteiger partial charge in [-0.25, -0.2) is 0 Å². The summed E-state index contributed by atoms with van der Waals surface area (Å²) >= 11 is 0. The molecule has 1 N–H and O–H groups in total. The Morgan fingerprint density at radius 3 is 2.65 bits per heavy atom. The fourth-order valence-corrected chi connectivity index (χ4v) is 3.25. The van der Waals surface area contributed by atoms with Gasteiger partial charge in [0, 0.05) is 19.8 Å².